The number of carbonyl (C=O) groups is 1. The topological polar surface area (TPSA) is 83.5 Å². The van der Waals surface area contributed by atoms with E-state index in [0.717, 1.165) is 6.08 Å². The Morgan fingerprint density at radius 1 is 1.64 bits per heavy atom. The van der Waals surface area contributed by atoms with Gasteiger partial charge in [0.25, 0.3) is 10.1 Å². The molecule has 1 amide bonds. The van der Waals surface area contributed by atoms with Gasteiger partial charge in [-0.1, -0.05) is 13.5 Å². The van der Waals surface area contributed by atoms with Gasteiger partial charge in [0.05, 0.1) is 5.75 Å². The monoisotopic (exact) mass is 221 g/mol. The molecule has 0 aromatic carbocycles. The molecule has 0 rings (SSSR count). The van der Waals surface area contributed by atoms with Crippen LogP contribution in [-0.4, -0.2) is 31.2 Å². The Hall–Kier alpha value is -0.880. The first kappa shape index (κ1) is 13.1. The van der Waals surface area contributed by atoms with E-state index >= 15 is 0 Å². The van der Waals surface area contributed by atoms with E-state index < -0.39 is 10.1 Å². The highest BCUT2D eigenvalue weighted by Crippen LogP contribution is 2.03. The maximum Gasteiger partial charge on any atom is 0.265 e. The molecule has 1 atom stereocenters. The lowest BCUT2D eigenvalue weighted by Crippen LogP contribution is -2.25. The van der Waals surface area contributed by atoms with Gasteiger partial charge in [-0.05, 0) is 18.4 Å². The summed E-state index contributed by atoms with van der Waals surface area (Å²) in [6.45, 7) is 5.33. The molecule has 0 aliphatic heterocycles. The third kappa shape index (κ3) is 7.75. The van der Waals surface area contributed by atoms with Gasteiger partial charge in [-0.2, -0.15) is 8.42 Å². The highest BCUT2D eigenvalue weighted by molar-refractivity contribution is 7.85. The van der Waals surface area contributed by atoms with E-state index in [2.05, 4.69) is 11.9 Å². The first-order valence-corrected chi connectivity index (χ1v) is 5.81. The molecule has 0 heterocycles. The fourth-order valence-corrected chi connectivity index (χ4v) is 1.84. The fourth-order valence-electron chi connectivity index (χ4n) is 0.957. The molecule has 0 radical (unpaired) electrons. The second kappa shape index (κ2) is 5.77. The summed E-state index contributed by atoms with van der Waals surface area (Å²) in [4.78, 5) is 10.7. The molecule has 82 valence electrons. The van der Waals surface area contributed by atoms with E-state index in [-0.39, 0.29) is 17.6 Å². The van der Waals surface area contributed by atoms with Gasteiger partial charge in [0, 0.05) is 6.54 Å². The van der Waals surface area contributed by atoms with Crippen molar-refractivity contribution in [1.82, 2.24) is 5.32 Å². The van der Waals surface area contributed by atoms with Crippen LogP contribution in [0.4, 0.5) is 0 Å². The van der Waals surface area contributed by atoms with Crippen molar-refractivity contribution in [2.75, 3.05) is 12.3 Å². The van der Waals surface area contributed by atoms with Crippen molar-refractivity contribution in [2.45, 2.75) is 13.3 Å². The van der Waals surface area contributed by atoms with Crippen molar-refractivity contribution in [3.05, 3.63) is 12.7 Å². The quantitative estimate of drug-likeness (QED) is 0.496. The van der Waals surface area contributed by atoms with Crippen molar-refractivity contribution in [3.8, 4) is 0 Å². The SMILES string of the molecule is C=CC(=O)NCCC(C)CS(=O)(=O)O. The zero-order chi connectivity index (χ0) is 11.2. The van der Waals surface area contributed by atoms with Crippen LogP contribution in [0.5, 0.6) is 0 Å². The van der Waals surface area contributed by atoms with Crippen molar-refractivity contribution in [1.29, 1.82) is 0 Å². The van der Waals surface area contributed by atoms with E-state index in [1.807, 2.05) is 0 Å². The maximum absolute atomic E-state index is 10.7. The minimum absolute atomic E-state index is 0.185. The predicted octanol–water partition coefficient (Wildman–Crippen LogP) is 0.203. The minimum atomic E-state index is -3.91. The van der Waals surface area contributed by atoms with Crippen LogP contribution < -0.4 is 5.32 Å². The van der Waals surface area contributed by atoms with Crippen LogP contribution in [0.1, 0.15) is 13.3 Å². The lowest BCUT2D eigenvalue weighted by atomic mass is 10.1. The van der Waals surface area contributed by atoms with Crippen LogP contribution in [0.15, 0.2) is 12.7 Å². The molecule has 0 saturated carbocycles. The van der Waals surface area contributed by atoms with E-state index in [0.29, 0.717) is 13.0 Å². The van der Waals surface area contributed by atoms with Crippen LogP contribution in [0.2, 0.25) is 0 Å². The summed E-state index contributed by atoms with van der Waals surface area (Å²) in [5.74, 6) is -0.754. The summed E-state index contributed by atoms with van der Waals surface area (Å²) in [5, 5.41) is 2.52. The fraction of sp³-hybridized carbons (Fsp3) is 0.625. The van der Waals surface area contributed by atoms with Crippen molar-refractivity contribution < 1.29 is 17.8 Å². The summed E-state index contributed by atoms with van der Waals surface area (Å²) in [6, 6.07) is 0. The Labute approximate surface area is 83.9 Å². The molecule has 0 aliphatic rings. The summed E-state index contributed by atoms with van der Waals surface area (Å²) in [7, 11) is -3.91. The van der Waals surface area contributed by atoms with Gasteiger partial charge in [0.1, 0.15) is 0 Å². The number of amides is 1. The molecule has 0 aromatic heterocycles. The third-order valence-electron chi connectivity index (χ3n) is 1.62. The lowest BCUT2D eigenvalue weighted by Gasteiger charge is -2.08. The highest BCUT2D eigenvalue weighted by atomic mass is 32.2. The van der Waals surface area contributed by atoms with Gasteiger partial charge in [-0.15, -0.1) is 0 Å². The summed E-state index contributed by atoms with van der Waals surface area (Å²) in [6.07, 6.45) is 1.65. The zero-order valence-corrected chi connectivity index (χ0v) is 8.88. The molecule has 0 aliphatic carbocycles. The lowest BCUT2D eigenvalue weighted by molar-refractivity contribution is -0.116. The van der Waals surface area contributed by atoms with Gasteiger partial charge < -0.3 is 5.32 Å². The summed E-state index contributed by atoms with van der Waals surface area (Å²) < 4.78 is 29.4. The molecule has 0 fully saturated rings. The van der Waals surface area contributed by atoms with Crippen LogP contribution in [0.3, 0.4) is 0 Å². The molecule has 6 heteroatoms. The van der Waals surface area contributed by atoms with E-state index in [1.165, 1.54) is 0 Å². The predicted molar refractivity (Wildman–Crippen MR) is 53.4 cm³/mol. The molecule has 2 N–H and O–H groups in total. The number of hydrogen-bond acceptors (Lipinski definition) is 3. The summed E-state index contributed by atoms with van der Waals surface area (Å²) >= 11 is 0. The van der Waals surface area contributed by atoms with E-state index in [9.17, 15) is 13.2 Å². The first-order chi connectivity index (χ1) is 6.35. The number of rotatable bonds is 6. The van der Waals surface area contributed by atoms with Gasteiger partial charge in [-0.3, -0.25) is 9.35 Å². The second-order valence-electron chi connectivity index (χ2n) is 3.14. The average molecular weight is 221 g/mol. The molecule has 0 bridgehead atoms. The van der Waals surface area contributed by atoms with Gasteiger partial charge in [-0.25, -0.2) is 0 Å². The van der Waals surface area contributed by atoms with Crippen LogP contribution in [0.25, 0.3) is 0 Å². The molecule has 1 unspecified atom stereocenters. The normalized spacial score (nSPS) is 13.3. The van der Waals surface area contributed by atoms with Gasteiger partial charge in [0.15, 0.2) is 0 Å². The third-order valence-corrected chi connectivity index (χ3v) is 2.61. The molecule has 14 heavy (non-hydrogen) atoms. The largest absolute Gasteiger partial charge is 0.353 e. The Bertz CT molecular complexity index is 296. The minimum Gasteiger partial charge on any atom is -0.353 e. The second-order valence-corrected chi connectivity index (χ2v) is 4.63. The number of carbonyl (C=O) groups excluding carboxylic acids is 1. The Morgan fingerprint density at radius 3 is 2.64 bits per heavy atom. The maximum atomic E-state index is 10.7. The first-order valence-electron chi connectivity index (χ1n) is 4.20. The molecule has 5 nitrogen and oxygen atoms in total. The van der Waals surface area contributed by atoms with Crippen molar-refractivity contribution in [3.63, 3.8) is 0 Å². The Kier molecular flexibility index (Phi) is 5.40. The molecule has 0 saturated heterocycles. The summed E-state index contributed by atoms with van der Waals surface area (Å²) in [5.41, 5.74) is 0. The van der Waals surface area contributed by atoms with Gasteiger partial charge in [0.2, 0.25) is 5.91 Å². The number of nitrogens with one attached hydrogen (secondary N) is 1. The Morgan fingerprint density at radius 2 is 2.21 bits per heavy atom. The molecular formula is C8H15NO4S. The van der Waals surface area contributed by atoms with Crippen LogP contribution in [0, 0.1) is 5.92 Å². The van der Waals surface area contributed by atoms with Crippen LogP contribution in [-0.2, 0) is 14.9 Å². The van der Waals surface area contributed by atoms with Crippen molar-refractivity contribution >= 4 is 16.0 Å². The van der Waals surface area contributed by atoms with Crippen LogP contribution >= 0.6 is 0 Å². The zero-order valence-electron chi connectivity index (χ0n) is 8.06. The van der Waals surface area contributed by atoms with E-state index in [4.69, 9.17) is 4.55 Å². The average Bonchev–Trinajstić information content (AvgIpc) is 2.00. The smallest absolute Gasteiger partial charge is 0.265 e. The van der Waals surface area contributed by atoms with E-state index in [1.54, 1.807) is 6.92 Å². The van der Waals surface area contributed by atoms with Crippen molar-refractivity contribution in [2.24, 2.45) is 5.92 Å². The highest BCUT2D eigenvalue weighted by Gasteiger charge is 2.11. The molecule has 0 aromatic rings. The Balaban J connectivity index is 3.70. The van der Waals surface area contributed by atoms with Gasteiger partial charge >= 0.3 is 0 Å². The standard InChI is InChI=1S/C8H15NO4S/c1-3-8(10)9-5-4-7(2)6-14(11,12)13/h3,7H,1,4-6H2,2H3,(H,9,10)(H,11,12,13). The number of hydrogen-bond donors (Lipinski definition) is 2. The molecule has 0 spiro atoms. The molecular weight excluding hydrogens is 206 g/mol.